The lowest BCUT2D eigenvalue weighted by Gasteiger charge is -2.37. The van der Waals surface area contributed by atoms with E-state index in [1.807, 2.05) is 18.7 Å². The Morgan fingerprint density at radius 3 is 2.00 bits per heavy atom. The van der Waals surface area contributed by atoms with E-state index in [1.165, 1.54) is 36.4 Å². The van der Waals surface area contributed by atoms with E-state index in [1.54, 1.807) is 0 Å². The SMILES string of the molecule is CC1CN(c2ccc(NS(=O)(=O)c3ccc(S(=O)(=O)NC4CC4)cc3)cc2F)CC(C)O1. The lowest BCUT2D eigenvalue weighted by atomic mass is 10.2. The van der Waals surface area contributed by atoms with Gasteiger partial charge in [0.2, 0.25) is 10.0 Å². The van der Waals surface area contributed by atoms with Crippen LogP contribution in [0.15, 0.2) is 52.3 Å². The maximum Gasteiger partial charge on any atom is 0.261 e. The fraction of sp³-hybridized carbons (Fsp3) is 0.429. The van der Waals surface area contributed by atoms with Crippen LogP contribution in [0.25, 0.3) is 0 Å². The standard InChI is InChI=1S/C21H26FN3O5S2/c1-14-12-25(13-15(2)30-14)21-10-5-17(11-20(21)22)24-32(28,29)19-8-6-18(7-9-19)31(26,27)23-16-3-4-16/h5-11,14-16,23-24H,3-4,12-13H2,1-2H3. The molecule has 32 heavy (non-hydrogen) atoms. The largest absolute Gasteiger partial charge is 0.372 e. The average molecular weight is 484 g/mol. The Morgan fingerprint density at radius 1 is 0.906 bits per heavy atom. The molecule has 1 heterocycles. The Balaban J connectivity index is 1.49. The van der Waals surface area contributed by atoms with Crippen LogP contribution in [0.5, 0.6) is 0 Å². The van der Waals surface area contributed by atoms with Crippen LogP contribution in [0.3, 0.4) is 0 Å². The fourth-order valence-electron chi connectivity index (χ4n) is 3.70. The molecule has 2 aromatic carbocycles. The van der Waals surface area contributed by atoms with Crippen molar-refractivity contribution in [1.29, 1.82) is 0 Å². The van der Waals surface area contributed by atoms with Gasteiger partial charge in [0, 0.05) is 25.2 Å². The van der Waals surface area contributed by atoms with Crippen molar-refractivity contribution in [3.05, 3.63) is 48.3 Å². The molecule has 2 fully saturated rings. The molecule has 1 aliphatic heterocycles. The van der Waals surface area contributed by atoms with Gasteiger partial charge in [-0.3, -0.25) is 4.72 Å². The van der Waals surface area contributed by atoms with Crippen LogP contribution in [0, 0.1) is 5.82 Å². The number of halogens is 1. The zero-order valence-electron chi connectivity index (χ0n) is 17.8. The quantitative estimate of drug-likeness (QED) is 0.628. The van der Waals surface area contributed by atoms with Gasteiger partial charge in [0.05, 0.1) is 33.4 Å². The van der Waals surface area contributed by atoms with Crippen molar-refractivity contribution < 1.29 is 26.0 Å². The number of hydrogen-bond acceptors (Lipinski definition) is 6. The van der Waals surface area contributed by atoms with Gasteiger partial charge in [-0.15, -0.1) is 0 Å². The molecular formula is C21H26FN3O5S2. The monoisotopic (exact) mass is 483 g/mol. The minimum Gasteiger partial charge on any atom is -0.372 e. The summed E-state index contributed by atoms with van der Waals surface area (Å²) < 4.78 is 75.2. The smallest absolute Gasteiger partial charge is 0.261 e. The van der Waals surface area contributed by atoms with Gasteiger partial charge in [0.25, 0.3) is 10.0 Å². The molecule has 1 saturated heterocycles. The second-order valence-electron chi connectivity index (χ2n) is 8.30. The summed E-state index contributed by atoms with van der Waals surface area (Å²) in [4.78, 5) is 1.75. The topological polar surface area (TPSA) is 105 Å². The predicted molar refractivity (Wildman–Crippen MR) is 119 cm³/mol. The highest BCUT2D eigenvalue weighted by Crippen LogP contribution is 2.28. The first-order valence-corrected chi connectivity index (χ1v) is 13.4. The maximum atomic E-state index is 14.8. The molecule has 4 rings (SSSR count). The van der Waals surface area contributed by atoms with Crippen LogP contribution in [-0.2, 0) is 24.8 Å². The van der Waals surface area contributed by atoms with E-state index in [0.29, 0.717) is 18.8 Å². The summed E-state index contributed by atoms with van der Waals surface area (Å²) in [6.07, 6.45) is 1.52. The molecule has 1 saturated carbocycles. The molecule has 2 unspecified atom stereocenters. The molecule has 2 atom stereocenters. The summed E-state index contributed by atoms with van der Waals surface area (Å²) in [5.41, 5.74) is 0.459. The first-order chi connectivity index (χ1) is 15.0. The molecule has 0 bridgehead atoms. The minimum absolute atomic E-state index is 0.00675. The molecule has 2 aliphatic rings. The van der Waals surface area contributed by atoms with Crippen molar-refractivity contribution in [2.75, 3.05) is 22.7 Å². The zero-order chi connectivity index (χ0) is 23.1. The molecule has 8 nitrogen and oxygen atoms in total. The lowest BCUT2D eigenvalue weighted by molar-refractivity contribution is -0.00539. The Hall–Kier alpha value is -2.21. The minimum atomic E-state index is -4.02. The van der Waals surface area contributed by atoms with Gasteiger partial charge in [-0.05, 0) is 63.1 Å². The second-order valence-corrected chi connectivity index (χ2v) is 11.7. The van der Waals surface area contributed by atoms with Crippen molar-refractivity contribution in [3.63, 3.8) is 0 Å². The number of sulfonamides is 2. The number of ether oxygens (including phenoxy) is 1. The highest BCUT2D eigenvalue weighted by atomic mass is 32.2. The van der Waals surface area contributed by atoms with Gasteiger partial charge in [-0.25, -0.2) is 25.9 Å². The number of benzene rings is 2. The van der Waals surface area contributed by atoms with Gasteiger partial charge >= 0.3 is 0 Å². The molecule has 0 spiro atoms. The van der Waals surface area contributed by atoms with Gasteiger partial charge in [-0.2, -0.15) is 0 Å². The molecule has 1 aliphatic carbocycles. The summed E-state index contributed by atoms with van der Waals surface area (Å²) >= 11 is 0. The predicted octanol–water partition coefficient (Wildman–Crippen LogP) is 2.68. The number of nitrogens with one attached hydrogen (secondary N) is 2. The summed E-state index contributed by atoms with van der Waals surface area (Å²) in [5.74, 6) is -0.543. The second kappa shape index (κ2) is 8.62. The van der Waals surface area contributed by atoms with E-state index in [4.69, 9.17) is 4.74 Å². The summed E-state index contributed by atoms with van der Waals surface area (Å²) in [7, 11) is -7.70. The van der Waals surface area contributed by atoms with Crippen molar-refractivity contribution in [2.24, 2.45) is 0 Å². The van der Waals surface area contributed by atoms with E-state index in [9.17, 15) is 21.2 Å². The summed E-state index contributed by atoms with van der Waals surface area (Å²) in [5, 5.41) is 0. The van der Waals surface area contributed by atoms with Gasteiger partial charge < -0.3 is 9.64 Å². The lowest BCUT2D eigenvalue weighted by Crippen LogP contribution is -2.45. The fourth-order valence-corrected chi connectivity index (χ4v) is 6.06. The van der Waals surface area contributed by atoms with E-state index in [-0.39, 0.29) is 33.7 Å². The molecular weight excluding hydrogens is 457 g/mol. The van der Waals surface area contributed by atoms with E-state index in [0.717, 1.165) is 18.9 Å². The third-order valence-electron chi connectivity index (χ3n) is 5.30. The van der Waals surface area contributed by atoms with Crippen LogP contribution in [0.4, 0.5) is 15.8 Å². The molecule has 0 amide bonds. The van der Waals surface area contributed by atoms with Gasteiger partial charge in [0.1, 0.15) is 5.82 Å². The normalized spacial score (nSPS) is 22.0. The number of anilines is 2. The highest BCUT2D eigenvalue weighted by Gasteiger charge is 2.28. The van der Waals surface area contributed by atoms with Crippen LogP contribution >= 0.6 is 0 Å². The maximum absolute atomic E-state index is 14.8. The van der Waals surface area contributed by atoms with Crippen molar-refractivity contribution >= 4 is 31.4 Å². The van der Waals surface area contributed by atoms with Crippen LogP contribution in [0.2, 0.25) is 0 Å². The van der Waals surface area contributed by atoms with Crippen molar-refractivity contribution in [1.82, 2.24) is 4.72 Å². The summed E-state index contributed by atoms with van der Waals surface area (Å²) in [6.45, 7) is 4.91. The number of morpholine rings is 1. The van der Waals surface area contributed by atoms with Crippen molar-refractivity contribution in [2.45, 2.75) is 54.7 Å². The van der Waals surface area contributed by atoms with E-state index < -0.39 is 25.9 Å². The molecule has 2 N–H and O–H groups in total. The van der Waals surface area contributed by atoms with E-state index >= 15 is 0 Å². The molecule has 0 radical (unpaired) electrons. The summed E-state index contributed by atoms with van der Waals surface area (Å²) in [6, 6.07) is 9.03. The molecule has 174 valence electrons. The number of hydrogen-bond donors (Lipinski definition) is 2. The number of nitrogens with zero attached hydrogens (tertiary/aromatic N) is 1. The van der Waals surface area contributed by atoms with Crippen LogP contribution in [-0.4, -0.2) is 48.2 Å². The molecule has 11 heteroatoms. The third-order valence-corrected chi connectivity index (χ3v) is 8.24. The molecule has 0 aromatic heterocycles. The zero-order valence-corrected chi connectivity index (χ0v) is 19.4. The van der Waals surface area contributed by atoms with Gasteiger partial charge in [0.15, 0.2) is 0 Å². The third kappa shape index (κ3) is 5.22. The average Bonchev–Trinajstić information content (AvgIpc) is 3.50. The molecule has 2 aromatic rings. The van der Waals surface area contributed by atoms with Crippen LogP contribution in [0.1, 0.15) is 26.7 Å². The Bertz CT molecular complexity index is 1190. The van der Waals surface area contributed by atoms with Crippen molar-refractivity contribution in [3.8, 4) is 0 Å². The Labute approximate surface area is 187 Å². The number of rotatable bonds is 7. The first kappa shape index (κ1) is 23.0. The van der Waals surface area contributed by atoms with Crippen LogP contribution < -0.4 is 14.3 Å². The van der Waals surface area contributed by atoms with Gasteiger partial charge in [-0.1, -0.05) is 0 Å². The van der Waals surface area contributed by atoms with E-state index in [2.05, 4.69) is 9.44 Å². The first-order valence-electron chi connectivity index (χ1n) is 10.4. The Kier molecular flexibility index (Phi) is 6.19. The highest BCUT2D eigenvalue weighted by molar-refractivity contribution is 7.92. The Morgan fingerprint density at radius 2 is 1.47 bits per heavy atom.